The Bertz CT molecular complexity index is 212. The normalized spacial score (nSPS) is 9.89. The summed E-state index contributed by atoms with van der Waals surface area (Å²) in [7, 11) is -3.61. The zero-order chi connectivity index (χ0) is 7.33. The van der Waals surface area contributed by atoms with Crippen LogP contribution in [0.25, 0.3) is 0 Å². The van der Waals surface area contributed by atoms with E-state index in [9.17, 15) is 13.2 Å². The van der Waals surface area contributed by atoms with Crippen molar-refractivity contribution in [2.45, 2.75) is 6.92 Å². The van der Waals surface area contributed by atoms with E-state index in [4.69, 9.17) is 0 Å². The van der Waals surface area contributed by atoms with Crippen molar-refractivity contribution in [1.29, 1.82) is 0 Å². The number of carbonyl (C=O) groups excluding carboxylic acids is 1. The first-order valence-electron chi connectivity index (χ1n) is 2.11. The summed E-state index contributed by atoms with van der Waals surface area (Å²) >= 11 is 0. The van der Waals surface area contributed by atoms with Crippen LogP contribution in [0.2, 0.25) is 0 Å². The lowest BCUT2D eigenvalue weighted by Crippen LogP contribution is -2.03. The van der Waals surface area contributed by atoms with Gasteiger partial charge >= 0.3 is 10.1 Å². The Balaban J connectivity index is 4.05. The first-order valence-corrected chi connectivity index (χ1v) is 3.68. The van der Waals surface area contributed by atoms with Crippen LogP contribution >= 0.6 is 0 Å². The number of hydrogen-bond donors (Lipinski definition) is 0. The van der Waals surface area contributed by atoms with E-state index in [2.05, 4.69) is 9.44 Å². The number of nitrogens with zero attached hydrogens (tertiary/aromatic N) is 1. The molecular weight excluding hydrogens is 146 g/mol. The summed E-state index contributed by atoms with van der Waals surface area (Å²) in [5.74, 6) is -0.210. The van der Waals surface area contributed by atoms with Gasteiger partial charge in [-0.15, -0.1) is 0 Å². The summed E-state index contributed by atoms with van der Waals surface area (Å²) in [5.41, 5.74) is 0. The van der Waals surface area contributed by atoms with Gasteiger partial charge in [0.05, 0.1) is 5.75 Å². The second-order valence-corrected chi connectivity index (χ2v) is 2.95. The number of isocyanates is 1. The lowest BCUT2D eigenvalue weighted by Gasteiger charge is -1.90. The van der Waals surface area contributed by atoms with Crippen molar-refractivity contribution < 1.29 is 17.5 Å². The zero-order valence-electron chi connectivity index (χ0n) is 4.70. The van der Waals surface area contributed by atoms with Gasteiger partial charge in [0.15, 0.2) is 0 Å². The smallest absolute Gasteiger partial charge is 0.257 e. The van der Waals surface area contributed by atoms with E-state index in [1.807, 2.05) is 0 Å². The van der Waals surface area contributed by atoms with Crippen LogP contribution in [-0.4, -0.2) is 20.3 Å². The van der Waals surface area contributed by atoms with Crippen molar-refractivity contribution in [3.05, 3.63) is 0 Å². The Morgan fingerprint density at radius 1 is 1.67 bits per heavy atom. The van der Waals surface area contributed by atoms with Gasteiger partial charge in [0.25, 0.3) is 6.08 Å². The molecule has 6 heteroatoms. The highest BCUT2D eigenvalue weighted by molar-refractivity contribution is 7.86. The lowest BCUT2D eigenvalue weighted by atomic mass is 11.0. The van der Waals surface area contributed by atoms with Crippen LogP contribution in [0, 0.1) is 0 Å². The van der Waals surface area contributed by atoms with E-state index in [1.165, 1.54) is 6.92 Å². The molecule has 52 valence electrons. The molecule has 0 aliphatic carbocycles. The molecule has 0 unspecified atom stereocenters. The highest BCUT2D eigenvalue weighted by Crippen LogP contribution is 1.90. The summed E-state index contributed by atoms with van der Waals surface area (Å²) in [6.07, 6.45) is 0.932. The third kappa shape index (κ3) is 3.69. The van der Waals surface area contributed by atoms with Gasteiger partial charge in [-0.2, -0.15) is 8.42 Å². The second kappa shape index (κ2) is 3.21. The Hall–Kier alpha value is -0.870. The van der Waals surface area contributed by atoms with Crippen LogP contribution in [0.15, 0.2) is 5.16 Å². The highest BCUT2D eigenvalue weighted by atomic mass is 32.2. The van der Waals surface area contributed by atoms with E-state index in [1.54, 1.807) is 0 Å². The SMILES string of the molecule is CCS(=O)(=O)ON=C=O. The molecule has 0 amide bonds. The van der Waals surface area contributed by atoms with Gasteiger partial charge in [0.1, 0.15) is 0 Å². The molecule has 0 radical (unpaired) electrons. The molecule has 0 aromatic heterocycles. The van der Waals surface area contributed by atoms with Crippen molar-refractivity contribution in [3.8, 4) is 0 Å². The predicted molar refractivity (Wildman–Crippen MR) is 28.7 cm³/mol. The highest BCUT2D eigenvalue weighted by Gasteiger charge is 2.04. The van der Waals surface area contributed by atoms with E-state index in [0.29, 0.717) is 0 Å². The van der Waals surface area contributed by atoms with Crippen LogP contribution < -0.4 is 0 Å². The molecule has 0 saturated heterocycles. The summed E-state index contributed by atoms with van der Waals surface area (Å²) in [4.78, 5) is 9.29. The van der Waals surface area contributed by atoms with Crippen molar-refractivity contribution in [2.75, 3.05) is 5.75 Å². The van der Waals surface area contributed by atoms with Gasteiger partial charge in [0, 0.05) is 5.16 Å². The van der Waals surface area contributed by atoms with Gasteiger partial charge in [0.2, 0.25) is 0 Å². The van der Waals surface area contributed by atoms with Crippen molar-refractivity contribution >= 4 is 16.2 Å². The molecule has 0 rings (SSSR count). The standard InChI is InChI=1S/C3H5NO4S/c1-2-9(6,7)8-4-3-5/h2H2,1H3. The molecular formula is C3H5NO4S. The Morgan fingerprint density at radius 2 is 2.22 bits per heavy atom. The van der Waals surface area contributed by atoms with Crippen molar-refractivity contribution in [3.63, 3.8) is 0 Å². The maximum atomic E-state index is 10.3. The van der Waals surface area contributed by atoms with E-state index >= 15 is 0 Å². The molecule has 9 heavy (non-hydrogen) atoms. The summed E-state index contributed by atoms with van der Waals surface area (Å²) < 4.78 is 24.2. The van der Waals surface area contributed by atoms with Gasteiger partial charge in [-0.3, -0.25) is 4.28 Å². The molecule has 0 N–H and O–H groups in total. The first-order chi connectivity index (χ1) is 4.12. The van der Waals surface area contributed by atoms with Crippen molar-refractivity contribution in [1.82, 2.24) is 0 Å². The molecule has 0 bridgehead atoms. The fourth-order valence-electron chi connectivity index (χ4n) is 0.125. The van der Waals surface area contributed by atoms with E-state index < -0.39 is 10.1 Å². The Kier molecular flexibility index (Phi) is 2.90. The molecule has 0 aliphatic rings. The van der Waals surface area contributed by atoms with Crippen LogP contribution in [0.4, 0.5) is 0 Å². The third-order valence-electron chi connectivity index (χ3n) is 0.542. The molecule has 0 aromatic rings. The largest absolute Gasteiger partial charge is 0.329 e. The van der Waals surface area contributed by atoms with Gasteiger partial charge < -0.3 is 0 Å². The minimum Gasteiger partial charge on any atom is -0.257 e. The number of hydrogen-bond acceptors (Lipinski definition) is 5. The van der Waals surface area contributed by atoms with E-state index in [-0.39, 0.29) is 5.75 Å². The quantitative estimate of drug-likeness (QED) is 0.312. The van der Waals surface area contributed by atoms with Crippen LogP contribution in [-0.2, 0) is 19.2 Å². The molecule has 0 fully saturated rings. The van der Waals surface area contributed by atoms with Crippen LogP contribution in [0.3, 0.4) is 0 Å². The summed E-state index contributed by atoms with van der Waals surface area (Å²) in [6.45, 7) is 1.37. The number of rotatable bonds is 3. The maximum absolute atomic E-state index is 10.3. The average Bonchev–Trinajstić information content (AvgIpc) is 1.84. The first kappa shape index (κ1) is 8.13. The fourth-order valence-corrected chi connectivity index (χ4v) is 0.374. The minimum atomic E-state index is -3.61. The molecule has 0 aliphatic heterocycles. The third-order valence-corrected chi connectivity index (χ3v) is 1.55. The molecule has 0 saturated carbocycles. The summed E-state index contributed by atoms with van der Waals surface area (Å²) in [6, 6.07) is 0. The predicted octanol–water partition coefficient (Wildman–Crippen LogP) is -0.396. The molecule has 0 atom stereocenters. The lowest BCUT2D eigenvalue weighted by molar-refractivity contribution is 0.335. The van der Waals surface area contributed by atoms with Crippen LogP contribution in [0.5, 0.6) is 0 Å². The average molecular weight is 151 g/mol. The maximum Gasteiger partial charge on any atom is 0.329 e. The van der Waals surface area contributed by atoms with Gasteiger partial charge in [-0.1, -0.05) is 0 Å². The molecule has 0 heterocycles. The Labute approximate surface area is 52.4 Å². The monoisotopic (exact) mass is 151 g/mol. The van der Waals surface area contributed by atoms with E-state index in [0.717, 1.165) is 6.08 Å². The molecule has 0 spiro atoms. The Morgan fingerprint density at radius 3 is 2.56 bits per heavy atom. The minimum absolute atomic E-state index is 0.210. The van der Waals surface area contributed by atoms with Crippen LogP contribution in [0.1, 0.15) is 6.92 Å². The van der Waals surface area contributed by atoms with Gasteiger partial charge in [-0.05, 0) is 6.92 Å². The summed E-state index contributed by atoms with van der Waals surface area (Å²) in [5, 5.41) is 2.42. The topological polar surface area (TPSA) is 72.8 Å². The fraction of sp³-hybridized carbons (Fsp3) is 0.667. The molecule has 0 aromatic carbocycles. The molecule has 5 nitrogen and oxygen atoms in total. The van der Waals surface area contributed by atoms with Crippen molar-refractivity contribution in [2.24, 2.45) is 5.16 Å². The zero-order valence-corrected chi connectivity index (χ0v) is 5.51. The second-order valence-electron chi connectivity index (χ2n) is 1.10. The van der Waals surface area contributed by atoms with Gasteiger partial charge in [-0.25, -0.2) is 4.79 Å².